The Morgan fingerprint density at radius 2 is 1.70 bits per heavy atom. The van der Waals surface area contributed by atoms with E-state index in [1.807, 2.05) is 101 Å². The molecule has 0 bridgehead atoms. The number of amides is 1. The summed E-state index contributed by atoms with van der Waals surface area (Å²) in [5.74, 6) is 1.53. The van der Waals surface area contributed by atoms with Crippen molar-refractivity contribution in [2.24, 2.45) is 5.92 Å². The highest BCUT2D eigenvalue weighted by Gasteiger charge is 2.30. The number of carbonyl (C=O) groups is 2. The lowest BCUT2D eigenvalue weighted by atomic mass is 9.90. The van der Waals surface area contributed by atoms with Gasteiger partial charge in [-0.15, -0.1) is 0 Å². The first-order valence-electron chi connectivity index (χ1n) is 16.1. The molecule has 5 aromatic rings. The van der Waals surface area contributed by atoms with Crippen LogP contribution < -0.4 is 4.74 Å². The minimum absolute atomic E-state index is 0.0156. The summed E-state index contributed by atoms with van der Waals surface area (Å²) in [6.45, 7) is 3.69. The minimum atomic E-state index is -0.0700. The van der Waals surface area contributed by atoms with E-state index in [0.29, 0.717) is 24.5 Å². The Bertz CT molecular complexity index is 1760. The number of ether oxygens (including phenoxy) is 1. The number of methoxy groups -OCH3 is 1. The molecule has 1 fully saturated rings. The molecular weight excluding hydrogens is 574 g/mol. The molecule has 1 aliphatic rings. The van der Waals surface area contributed by atoms with Gasteiger partial charge in [-0.1, -0.05) is 48.5 Å². The number of piperidine rings is 1. The molecule has 6 rings (SSSR count). The molecule has 3 aromatic carbocycles. The predicted molar refractivity (Wildman–Crippen MR) is 180 cm³/mol. The van der Waals surface area contributed by atoms with Gasteiger partial charge < -0.3 is 19.1 Å². The fraction of sp³-hybridized carbons (Fsp3) is 0.316. The van der Waals surface area contributed by atoms with Crippen LogP contribution in [0.25, 0.3) is 11.0 Å². The monoisotopic (exact) mass is 615 g/mol. The lowest BCUT2D eigenvalue weighted by Gasteiger charge is -2.33. The number of Topliss-reactive ketones (excluding diaryl/α,β-unsaturated/α-hetero) is 1. The van der Waals surface area contributed by atoms with Gasteiger partial charge in [0.25, 0.3) is 5.91 Å². The van der Waals surface area contributed by atoms with E-state index in [-0.39, 0.29) is 23.5 Å². The Kier molecular flexibility index (Phi) is 9.84. The van der Waals surface area contributed by atoms with E-state index in [9.17, 15) is 9.59 Å². The molecule has 3 heterocycles. The van der Waals surface area contributed by atoms with Gasteiger partial charge in [0.1, 0.15) is 5.75 Å². The van der Waals surface area contributed by atoms with Crippen LogP contribution in [-0.2, 0) is 6.54 Å². The highest BCUT2D eigenvalue weighted by molar-refractivity contribution is 5.98. The van der Waals surface area contributed by atoms with Crippen molar-refractivity contribution < 1.29 is 14.3 Å². The zero-order valence-electron chi connectivity index (χ0n) is 26.6. The summed E-state index contributed by atoms with van der Waals surface area (Å²) in [5, 5.41) is 0. The lowest BCUT2D eigenvalue weighted by molar-refractivity contribution is 0.0779. The van der Waals surface area contributed by atoms with Crippen molar-refractivity contribution in [1.82, 2.24) is 24.3 Å². The second kappa shape index (κ2) is 14.5. The molecule has 1 saturated heterocycles. The van der Waals surface area contributed by atoms with Gasteiger partial charge in [-0.2, -0.15) is 0 Å². The maximum absolute atomic E-state index is 13.9. The van der Waals surface area contributed by atoms with Crippen LogP contribution in [0.5, 0.6) is 5.75 Å². The van der Waals surface area contributed by atoms with E-state index in [2.05, 4.69) is 22.0 Å². The second-order valence-electron chi connectivity index (χ2n) is 12.1. The molecule has 0 spiro atoms. The molecule has 1 unspecified atom stereocenters. The van der Waals surface area contributed by atoms with Crippen molar-refractivity contribution in [2.75, 3.05) is 40.3 Å². The average molecular weight is 616 g/mol. The number of aromatic nitrogens is 3. The molecule has 1 atom stereocenters. The van der Waals surface area contributed by atoms with Crippen LogP contribution in [0.4, 0.5) is 0 Å². The second-order valence-corrected chi connectivity index (χ2v) is 12.1. The normalized spacial score (nSPS) is 14.7. The largest absolute Gasteiger partial charge is 0.497 e. The predicted octanol–water partition coefficient (Wildman–Crippen LogP) is 6.33. The number of hydrogen-bond donors (Lipinski definition) is 0. The number of nitrogens with zero attached hydrogens (tertiary/aromatic N) is 5. The van der Waals surface area contributed by atoms with E-state index < -0.39 is 0 Å². The summed E-state index contributed by atoms with van der Waals surface area (Å²) in [6.07, 6.45) is 4.26. The molecule has 8 heteroatoms. The first-order valence-corrected chi connectivity index (χ1v) is 16.1. The van der Waals surface area contributed by atoms with Crippen molar-refractivity contribution in [3.05, 3.63) is 126 Å². The van der Waals surface area contributed by atoms with Gasteiger partial charge in [0.05, 0.1) is 30.4 Å². The van der Waals surface area contributed by atoms with Gasteiger partial charge in [-0.25, -0.2) is 4.98 Å². The molecule has 0 saturated carbocycles. The van der Waals surface area contributed by atoms with Crippen LogP contribution in [0.3, 0.4) is 0 Å². The zero-order valence-corrected chi connectivity index (χ0v) is 26.6. The number of carbonyl (C=O) groups excluding carboxylic acids is 2. The Balaban J connectivity index is 1.11. The number of rotatable bonds is 12. The first kappa shape index (κ1) is 31.2. The summed E-state index contributed by atoms with van der Waals surface area (Å²) in [4.78, 5) is 40.7. The third-order valence-corrected chi connectivity index (χ3v) is 9.10. The lowest BCUT2D eigenvalue weighted by Crippen LogP contribution is -2.38. The van der Waals surface area contributed by atoms with Crippen LogP contribution in [0.1, 0.15) is 57.4 Å². The van der Waals surface area contributed by atoms with Gasteiger partial charge >= 0.3 is 0 Å². The van der Waals surface area contributed by atoms with E-state index in [0.717, 1.165) is 66.9 Å². The zero-order chi connectivity index (χ0) is 31.9. The van der Waals surface area contributed by atoms with Crippen LogP contribution in [-0.4, -0.2) is 76.4 Å². The Morgan fingerprint density at radius 3 is 2.46 bits per heavy atom. The topological polar surface area (TPSA) is 80.6 Å². The van der Waals surface area contributed by atoms with Crippen molar-refractivity contribution in [2.45, 2.75) is 31.7 Å². The average Bonchev–Trinajstić information content (AvgIpc) is 3.48. The standard InChI is InChI=1S/C38H41N5O3/c1-41(38(45)29-11-4-3-5-12-29)26-31(30-13-10-15-33(25-30)46-2)20-24-42-22-18-28(19-23-42)36(44)37-40-34-16-6-7-17-35(34)43(37)27-32-14-8-9-21-39-32/h3-17,21,25,28,31H,18-20,22-24,26-27H2,1-2H3. The van der Waals surface area contributed by atoms with E-state index >= 15 is 0 Å². The van der Waals surface area contributed by atoms with Gasteiger partial charge in [0, 0.05) is 37.2 Å². The summed E-state index contributed by atoms with van der Waals surface area (Å²) in [5.41, 5.74) is 4.53. The van der Waals surface area contributed by atoms with Crippen molar-refractivity contribution in [1.29, 1.82) is 0 Å². The Labute approximate surface area is 270 Å². The van der Waals surface area contributed by atoms with Gasteiger partial charge in [0.2, 0.25) is 5.78 Å². The summed E-state index contributed by atoms with van der Waals surface area (Å²) >= 11 is 0. The number of likely N-dealkylation sites (tertiary alicyclic amines) is 1. The van der Waals surface area contributed by atoms with E-state index in [1.54, 1.807) is 13.3 Å². The number of pyridine rings is 1. The molecule has 0 N–H and O–H groups in total. The number of para-hydroxylation sites is 2. The Hall–Kier alpha value is -4.82. The minimum Gasteiger partial charge on any atom is -0.497 e. The third-order valence-electron chi connectivity index (χ3n) is 9.10. The first-order chi connectivity index (χ1) is 22.5. The molecule has 1 amide bonds. The van der Waals surface area contributed by atoms with Crippen molar-refractivity contribution in [3.63, 3.8) is 0 Å². The maximum Gasteiger partial charge on any atom is 0.253 e. The van der Waals surface area contributed by atoms with Crippen molar-refractivity contribution >= 4 is 22.7 Å². The molecule has 0 aliphatic carbocycles. The summed E-state index contributed by atoms with van der Waals surface area (Å²) < 4.78 is 7.55. The number of imidazole rings is 1. The van der Waals surface area contributed by atoms with E-state index in [1.165, 1.54) is 0 Å². The fourth-order valence-corrected chi connectivity index (χ4v) is 6.49. The molecule has 8 nitrogen and oxygen atoms in total. The quantitative estimate of drug-likeness (QED) is 0.153. The van der Waals surface area contributed by atoms with Crippen LogP contribution >= 0.6 is 0 Å². The molecule has 1 aliphatic heterocycles. The molecule has 46 heavy (non-hydrogen) atoms. The maximum atomic E-state index is 13.9. The SMILES string of the molecule is COc1cccc(C(CCN2CCC(C(=O)c3nc4ccccc4n3Cc3ccccn3)CC2)CN(C)C(=O)c2ccccc2)c1. The molecule has 236 valence electrons. The summed E-state index contributed by atoms with van der Waals surface area (Å²) in [6, 6.07) is 31.4. The number of ketones is 1. The van der Waals surface area contributed by atoms with Crippen LogP contribution in [0.15, 0.2) is 103 Å². The van der Waals surface area contributed by atoms with E-state index in [4.69, 9.17) is 9.72 Å². The molecule has 0 radical (unpaired) electrons. The van der Waals surface area contributed by atoms with Gasteiger partial charge in [0.15, 0.2) is 5.82 Å². The van der Waals surface area contributed by atoms with Gasteiger partial charge in [-0.3, -0.25) is 14.6 Å². The number of benzene rings is 3. The molecular formula is C38H41N5O3. The van der Waals surface area contributed by atoms with Crippen LogP contribution in [0, 0.1) is 5.92 Å². The number of hydrogen-bond acceptors (Lipinski definition) is 6. The summed E-state index contributed by atoms with van der Waals surface area (Å²) in [7, 11) is 3.55. The third kappa shape index (κ3) is 7.18. The van der Waals surface area contributed by atoms with Crippen LogP contribution in [0.2, 0.25) is 0 Å². The van der Waals surface area contributed by atoms with Gasteiger partial charge in [-0.05, 0) is 93.0 Å². The smallest absolute Gasteiger partial charge is 0.253 e. The number of fused-ring (bicyclic) bond motifs is 1. The number of likely N-dealkylation sites (N-methyl/N-ethyl adjacent to an activating group) is 1. The fourth-order valence-electron chi connectivity index (χ4n) is 6.49. The highest BCUT2D eigenvalue weighted by atomic mass is 16.5. The Morgan fingerprint density at radius 1 is 0.935 bits per heavy atom. The molecule has 2 aromatic heterocycles. The highest BCUT2D eigenvalue weighted by Crippen LogP contribution is 2.28. The van der Waals surface area contributed by atoms with Crippen molar-refractivity contribution in [3.8, 4) is 5.75 Å².